The van der Waals surface area contributed by atoms with Crippen LogP contribution in [0.1, 0.15) is 15.9 Å². The van der Waals surface area contributed by atoms with Crippen molar-refractivity contribution in [3.05, 3.63) is 74.7 Å². The summed E-state index contributed by atoms with van der Waals surface area (Å²) in [5.74, 6) is -0.241. The van der Waals surface area contributed by atoms with Crippen LogP contribution in [0.2, 0.25) is 0 Å². The molecule has 0 heterocycles. The Morgan fingerprint density at radius 1 is 0.960 bits per heavy atom. The van der Waals surface area contributed by atoms with Gasteiger partial charge in [0.2, 0.25) is 0 Å². The van der Waals surface area contributed by atoms with Gasteiger partial charge in [0.1, 0.15) is 0 Å². The smallest absolute Gasteiger partial charge is 0.258 e. The van der Waals surface area contributed by atoms with Crippen LogP contribution in [0, 0.1) is 6.92 Å². The van der Waals surface area contributed by atoms with E-state index in [9.17, 15) is 4.79 Å². The maximum Gasteiger partial charge on any atom is 0.258 e. The van der Waals surface area contributed by atoms with Gasteiger partial charge in [0, 0.05) is 20.2 Å². The fourth-order valence-electron chi connectivity index (χ4n) is 2.52. The summed E-state index contributed by atoms with van der Waals surface area (Å²) < 4.78 is 1.97. The molecule has 0 fully saturated rings. The van der Waals surface area contributed by atoms with Crippen molar-refractivity contribution in [1.82, 2.24) is 5.32 Å². The number of benzene rings is 3. The molecule has 3 aromatic carbocycles. The van der Waals surface area contributed by atoms with Crippen molar-refractivity contribution in [2.75, 3.05) is 5.32 Å². The number of nitrogens with one attached hydrogen (secondary N) is 2. The largest absolute Gasteiger partial charge is 0.332 e. The molecule has 0 spiro atoms. The van der Waals surface area contributed by atoms with E-state index in [1.54, 1.807) is 6.07 Å². The van der Waals surface area contributed by atoms with E-state index in [4.69, 9.17) is 12.2 Å². The molecule has 0 aliphatic carbocycles. The summed E-state index contributed by atoms with van der Waals surface area (Å²) in [5.41, 5.74) is 2.49. The number of aryl methyl sites for hydroxylation is 1. The van der Waals surface area contributed by atoms with Gasteiger partial charge in [-0.2, -0.15) is 0 Å². The average Bonchev–Trinajstić information content (AvgIpc) is 2.58. The number of carbonyl (C=O) groups excluding carboxylic acids is 1. The molecule has 1 amide bonds. The third-order valence-corrected chi connectivity index (χ3v) is 5.54. The van der Waals surface area contributed by atoms with Gasteiger partial charge >= 0.3 is 0 Å². The first kappa shape index (κ1) is 18.0. The third kappa shape index (κ3) is 4.08. The lowest BCUT2D eigenvalue weighted by atomic mass is 10.0. The molecule has 0 atom stereocenters. The van der Waals surface area contributed by atoms with E-state index < -0.39 is 0 Å². The zero-order valence-corrected chi connectivity index (χ0v) is 17.3. The lowest BCUT2D eigenvalue weighted by Crippen LogP contribution is -2.34. The quantitative estimate of drug-likeness (QED) is 0.458. The van der Waals surface area contributed by atoms with E-state index in [0.717, 1.165) is 31.0 Å². The van der Waals surface area contributed by atoms with Gasteiger partial charge in [-0.05, 0) is 65.8 Å². The summed E-state index contributed by atoms with van der Waals surface area (Å²) in [6.07, 6.45) is 0. The molecule has 0 saturated carbocycles. The van der Waals surface area contributed by atoms with Crippen molar-refractivity contribution in [1.29, 1.82) is 0 Å². The molecular formula is C19H14Br2N2OS. The molecule has 25 heavy (non-hydrogen) atoms. The number of hydrogen-bond acceptors (Lipinski definition) is 2. The highest BCUT2D eigenvalue weighted by Gasteiger charge is 2.12. The van der Waals surface area contributed by atoms with Crippen molar-refractivity contribution in [3.63, 3.8) is 0 Å². The molecule has 0 bridgehead atoms. The zero-order valence-electron chi connectivity index (χ0n) is 13.3. The number of anilines is 1. The molecule has 3 rings (SSSR count). The third-order valence-electron chi connectivity index (χ3n) is 3.76. The van der Waals surface area contributed by atoms with Crippen LogP contribution in [-0.4, -0.2) is 11.0 Å². The first-order valence-corrected chi connectivity index (χ1v) is 9.51. The van der Waals surface area contributed by atoms with Crippen LogP contribution in [-0.2, 0) is 0 Å². The second-order valence-electron chi connectivity index (χ2n) is 5.51. The number of hydrogen-bond donors (Lipinski definition) is 2. The maximum absolute atomic E-state index is 12.6. The van der Waals surface area contributed by atoms with Gasteiger partial charge in [-0.15, -0.1) is 0 Å². The molecule has 0 aliphatic heterocycles. The Bertz CT molecular complexity index is 988. The molecule has 3 aromatic rings. The zero-order chi connectivity index (χ0) is 18.0. The van der Waals surface area contributed by atoms with Crippen molar-refractivity contribution in [2.24, 2.45) is 0 Å². The average molecular weight is 478 g/mol. The molecule has 6 heteroatoms. The van der Waals surface area contributed by atoms with Crippen molar-refractivity contribution >= 4 is 71.6 Å². The predicted molar refractivity (Wildman–Crippen MR) is 114 cm³/mol. The highest BCUT2D eigenvalue weighted by atomic mass is 79.9. The fraction of sp³-hybridized carbons (Fsp3) is 0.0526. The lowest BCUT2D eigenvalue weighted by molar-refractivity contribution is 0.0979. The minimum Gasteiger partial charge on any atom is -0.332 e. The molecule has 3 nitrogen and oxygen atoms in total. The van der Waals surface area contributed by atoms with E-state index in [1.807, 2.05) is 55.5 Å². The summed E-state index contributed by atoms with van der Waals surface area (Å²) in [5, 5.41) is 7.90. The summed E-state index contributed by atoms with van der Waals surface area (Å²) in [6.45, 7) is 1.99. The van der Waals surface area contributed by atoms with E-state index in [0.29, 0.717) is 5.56 Å². The first-order valence-electron chi connectivity index (χ1n) is 7.51. The number of thiocarbonyl (C=S) groups is 1. The number of amides is 1. The Labute approximate surface area is 168 Å². The number of rotatable bonds is 2. The second kappa shape index (κ2) is 7.64. The van der Waals surface area contributed by atoms with Crippen LogP contribution >= 0.6 is 44.1 Å². The molecule has 0 aromatic heterocycles. The van der Waals surface area contributed by atoms with Crippen LogP contribution < -0.4 is 10.6 Å². The van der Waals surface area contributed by atoms with Crippen molar-refractivity contribution < 1.29 is 4.79 Å². The molecule has 0 unspecified atom stereocenters. The van der Waals surface area contributed by atoms with Crippen LogP contribution in [0.3, 0.4) is 0 Å². The highest BCUT2D eigenvalue weighted by Crippen LogP contribution is 2.26. The molecule has 0 aliphatic rings. The minimum atomic E-state index is -0.241. The number of carbonyl (C=O) groups is 1. The fourth-order valence-corrected chi connectivity index (χ4v) is 3.48. The Balaban J connectivity index is 1.79. The summed E-state index contributed by atoms with van der Waals surface area (Å²) in [6, 6.07) is 17.2. The van der Waals surface area contributed by atoms with Gasteiger partial charge in [-0.1, -0.05) is 56.1 Å². The van der Waals surface area contributed by atoms with Gasteiger partial charge in [-0.3, -0.25) is 10.1 Å². The summed E-state index contributed by atoms with van der Waals surface area (Å²) in [4.78, 5) is 12.6. The minimum absolute atomic E-state index is 0.241. The van der Waals surface area contributed by atoms with Gasteiger partial charge < -0.3 is 5.32 Å². The monoisotopic (exact) mass is 476 g/mol. The van der Waals surface area contributed by atoms with Gasteiger partial charge in [-0.25, -0.2) is 0 Å². The summed E-state index contributed by atoms with van der Waals surface area (Å²) in [7, 11) is 0. The Hall–Kier alpha value is -1.76. The first-order chi connectivity index (χ1) is 12.0. The van der Waals surface area contributed by atoms with Gasteiger partial charge in [0.05, 0.1) is 0 Å². The highest BCUT2D eigenvalue weighted by molar-refractivity contribution is 9.11. The molecule has 126 valence electrons. The molecule has 0 radical (unpaired) electrons. The van der Waals surface area contributed by atoms with Crippen LogP contribution in [0.5, 0.6) is 0 Å². The summed E-state index contributed by atoms with van der Waals surface area (Å²) >= 11 is 12.2. The van der Waals surface area contributed by atoms with E-state index >= 15 is 0 Å². The van der Waals surface area contributed by atoms with Crippen LogP contribution in [0.4, 0.5) is 5.69 Å². The lowest BCUT2D eigenvalue weighted by Gasteiger charge is -2.12. The van der Waals surface area contributed by atoms with Gasteiger partial charge in [0.25, 0.3) is 5.91 Å². The van der Waals surface area contributed by atoms with E-state index in [1.165, 1.54) is 0 Å². The molecule has 0 saturated heterocycles. The second-order valence-corrected chi connectivity index (χ2v) is 7.63. The Morgan fingerprint density at radius 3 is 2.44 bits per heavy atom. The Morgan fingerprint density at radius 2 is 1.68 bits per heavy atom. The van der Waals surface area contributed by atoms with Crippen LogP contribution in [0.25, 0.3) is 10.8 Å². The van der Waals surface area contributed by atoms with Gasteiger partial charge in [0.15, 0.2) is 5.11 Å². The maximum atomic E-state index is 12.6. The SMILES string of the molecule is Cc1cc(NC(=S)NC(=O)c2cccc3c(Br)cccc23)ccc1Br. The van der Waals surface area contributed by atoms with E-state index in [-0.39, 0.29) is 11.0 Å². The molecule has 2 N–H and O–H groups in total. The molecular weight excluding hydrogens is 464 g/mol. The van der Waals surface area contributed by atoms with Crippen LogP contribution in [0.15, 0.2) is 63.5 Å². The Kier molecular flexibility index (Phi) is 5.51. The van der Waals surface area contributed by atoms with Crippen molar-refractivity contribution in [3.8, 4) is 0 Å². The standard InChI is InChI=1S/C19H14Br2N2OS/c1-11-10-12(8-9-16(11)20)22-19(25)23-18(24)15-6-2-5-14-13(15)4-3-7-17(14)21/h2-10H,1H3,(H2,22,23,24,25). The van der Waals surface area contributed by atoms with E-state index in [2.05, 4.69) is 42.5 Å². The number of fused-ring (bicyclic) bond motifs is 1. The normalized spacial score (nSPS) is 10.5. The topological polar surface area (TPSA) is 41.1 Å². The van der Waals surface area contributed by atoms with Crippen molar-refractivity contribution in [2.45, 2.75) is 6.92 Å². The predicted octanol–water partition coefficient (Wildman–Crippen LogP) is 5.80. The number of halogens is 2.